The van der Waals surface area contributed by atoms with E-state index >= 15 is 0 Å². The molecule has 1 saturated heterocycles. The molecule has 3 heteroatoms. The van der Waals surface area contributed by atoms with Gasteiger partial charge in [0.2, 0.25) is 0 Å². The Morgan fingerprint density at radius 1 is 1.19 bits per heavy atom. The van der Waals surface area contributed by atoms with E-state index in [9.17, 15) is 0 Å². The Morgan fingerprint density at radius 2 is 1.86 bits per heavy atom. The lowest BCUT2D eigenvalue weighted by atomic mass is 10.0. The van der Waals surface area contributed by atoms with E-state index in [1.54, 1.807) is 0 Å². The van der Waals surface area contributed by atoms with E-state index < -0.39 is 0 Å². The predicted octanol–water partition coefficient (Wildman–Crippen LogP) is 3.01. The molecule has 0 amide bonds. The highest BCUT2D eigenvalue weighted by atomic mass is 16.5. The van der Waals surface area contributed by atoms with Gasteiger partial charge in [-0.3, -0.25) is 0 Å². The monoisotopic (exact) mass is 290 g/mol. The van der Waals surface area contributed by atoms with Crippen LogP contribution in [0.5, 0.6) is 0 Å². The summed E-state index contributed by atoms with van der Waals surface area (Å²) in [5.41, 5.74) is 2.80. The van der Waals surface area contributed by atoms with E-state index in [0.717, 1.165) is 32.7 Å². The van der Waals surface area contributed by atoms with Crippen molar-refractivity contribution in [2.24, 2.45) is 0 Å². The molecule has 3 nitrogen and oxygen atoms in total. The number of rotatable bonds is 7. The maximum atomic E-state index is 5.73. The number of hydrogen-bond acceptors (Lipinski definition) is 3. The van der Waals surface area contributed by atoms with Gasteiger partial charge in [0.05, 0.1) is 6.10 Å². The lowest BCUT2D eigenvalue weighted by Crippen LogP contribution is -2.41. The van der Waals surface area contributed by atoms with Crippen molar-refractivity contribution in [1.29, 1.82) is 0 Å². The fourth-order valence-corrected chi connectivity index (χ4v) is 3.10. The smallest absolute Gasteiger partial charge is 0.0599 e. The molecule has 1 unspecified atom stereocenters. The first kappa shape index (κ1) is 16.5. The summed E-state index contributed by atoms with van der Waals surface area (Å²) in [7, 11) is 2.06. The summed E-state index contributed by atoms with van der Waals surface area (Å²) in [4.78, 5) is 2.56. The fourth-order valence-electron chi connectivity index (χ4n) is 3.10. The molecule has 1 atom stereocenters. The maximum Gasteiger partial charge on any atom is 0.0599 e. The van der Waals surface area contributed by atoms with Crippen molar-refractivity contribution < 1.29 is 4.74 Å². The van der Waals surface area contributed by atoms with Crippen LogP contribution < -0.4 is 5.32 Å². The Bertz CT molecular complexity index is 396. The van der Waals surface area contributed by atoms with Gasteiger partial charge < -0.3 is 15.0 Å². The van der Waals surface area contributed by atoms with Gasteiger partial charge >= 0.3 is 0 Å². The molecule has 0 spiro atoms. The minimum Gasteiger partial charge on any atom is -0.378 e. The highest BCUT2D eigenvalue weighted by Gasteiger charge is 2.21. The number of nitrogens with one attached hydrogen (secondary N) is 1. The molecule has 118 valence electrons. The first-order chi connectivity index (χ1) is 10.3. The van der Waals surface area contributed by atoms with E-state index in [4.69, 9.17) is 4.74 Å². The normalized spacial score (nSPS) is 18.8. The van der Waals surface area contributed by atoms with Crippen molar-refractivity contribution in [1.82, 2.24) is 10.2 Å². The quantitative estimate of drug-likeness (QED) is 0.835. The minimum atomic E-state index is 0.416. The second-order valence-corrected chi connectivity index (χ2v) is 5.89. The van der Waals surface area contributed by atoms with Crippen molar-refractivity contribution in [2.45, 2.75) is 45.3 Å². The van der Waals surface area contributed by atoms with Crippen LogP contribution in [0.2, 0.25) is 0 Å². The number of hydrogen-bond donors (Lipinski definition) is 1. The fraction of sp³-hybridized carbons (Fsp3) is 0.667. The molecule has 1 aromatic carbocycles. The maximum absolute atomic E-state index is 5.73. The highest BCUT2D eigenvalue weighted by molar-refractivity contribution is 5.25. The zero-order valence-corrected chi connectivity index (χ0v) is 13.8. The van der Waals surface area contributed by atoms with Crippen LogP contribution in [-0.4, -0.2) is 44.3 Å². The summed E-state index contributed by atoms with van der Waals surface area (Å²) in [6, 6.07) is 9.46. The van der Waals surface area contributed by atoms with Gasteiger partial charge in [0.1, 0.15) is 0 Å². The third-order valence-corrected chi connectivity index (χ3v) is 4.52. The third-order valence-electron chi connectivity index (χ3n) is 4.52. The summed E-state index contributed by atoms with van der Waals surface area (Å²) in [5, 5.41) is 3.47. The number of piperidine rings is 1. The minimum absolute atomic E-state index is 0.416. The first-order valence-electron chi connectivity index (χ1n) is 8.36. The molecule has 1 aliphatic rings. The number of likely N-dealkylation sites (tertiary alicyclic amines) is 1. The van der Waals surface area contributed by atoms with Gasteiger partial charge in [-0.05, 0) is 44.4 Å². The molecule has 21 heavy (non-hydrogen) atoms. The summed E-state index contributed by atoms with van der Waals surface area (Å²) >= 11 is 0. The molecule has 1 aromatic rings. The number of nitrogens with zero attached hydrogens (tertiary/aromatic N) is 1. The number of benzene rings is 1. The summed E-state index contributed by atoms with van der Waals surface area (Å²) in [6.45, 7) is 8.51. The predicted molar refractivity (Wildman–Crippen MR) is 88.7 cm³/mol. The molecule has 0 bridgehead atoms. The van der Waals surface area contributed by atoms with Crippen LogP contribution in [0.4, 0.5) is 0 Å². The van der Waals surface area contributed by atoms with E-state index in [0.29, 0.717) is 12.1 Å². The molecule has 0 aliphatic carbocycles. The Balaban J connectivity index is 1.87. The lowest BCUT2D eigenvalue weighted by molar-refractivity contribution is 0.0125. The summed E-state index contributed by atoms with van der Waals surface area (Å²) < 4.78 is 5.73. The summed E-state index contributed by atoms with van der Waals surface area (Å²) in [5.74, 6) is 0. The van der Waals surface area contributed by atoms with Gasteiger partial charge in [-0.2, -0.15) is 0 Å². The van der Waals surface area contributed by atoms with Gasteiger partial charge in [-0.1, -0.05) is 31.2 Å². The van der Waals surface area contributed by atoms with E-state index in [1.165, 1.54) is 24.0 Å². The molecule has 1 heterocycles. The van der Waals surface area contributed by atoms with Crippen molar-refractivity contribution in [3.8, 4) is 0 Å². The zero-order valence-electron chi connectivity index (χ0n) is 13.8. The zero-order chi connectivity index (χ0) is 15.1. The molecule has 2 rings (SSSR count). The molecular formula is C18H30N2O. The number of likely N-dealkylation sites (N-methyl/N-ethyl adjacent to an activating group) is 1. The van der Waals surface area contributed by atoms with E-state index in [-0.39, 0.29) is 0 Å². The van der Waals surface area contributed by atoms with Gasteiger partial charge in [-0.25, -0.2) is 0 Å². The van der Waals surface area contributed by atoms with Crippen LogP contribution in [0.1, 0.15) is 43.9 Å². The van der Waals surface area contributed by atoms with Crippen LogP contribution in [0.3, 0.4) is 0 Å². The molecule has 0 radical (unpaired) electrons. The Morgan fingerprint density at radius 3 is 2.38 bits per heavy atom. The highest BCUT2D eigenvalue weighted by Crippen LogP contribution is 2.19. The van der Waals surface area contributed by atoms with Gasteiger partial charge in [0.25, 0.3) is 0 Å². The average Bonchev–Trinajstić information content (AvgIpc) is 2.54. The van der Waals surface area contributed by atoms with Gasteiger partial charge in [0.15, 0.2) is 0 Å². The average molecular weight is 290 g/mol. The van der Waals surface area contributed by atoms with Crippen LogP contribution >= 0.6 is 0 Å². The van der Waals surface area contributed by atoms with Gasteiger partial charge in [0, 0.05) is 32.3 Å². The van der Waals surface area contributed by atoms with Crippen LogP contribution in [-0.2, 0) is 11.2 Å². The molecule has 1 N–H and O–H groups in total. The van der Waals surface area contributed by atoms with Crippen molar-refractivity contribution in [3.63, 3.8) is 0 Å². The van der Waals surface area contributed by atoms with Crippen molar-refractivity contribution >= 4 is 0 Å². The standard InChI is InChI=1S/C18H30N2O/c1-4-15-6-8-16(9-7-15)18(19-3)14-20-12-10-17(11-13-20)21-5-2/h6-9,17-19H,4-5,10-14H2,1-3H3. The van der Waals surface area contributed by atoms with Crippen molar-refractivity contribution in [2.75, 3.05) is 33.3 Å². The topological polar surface area (TPSA) is 24.5 Å². The van der Waals surface area contributed by atoms with Crippen LogP contribution in [0, 0.1) is 0 Å². The molecule has 0 saturated carbocycles. The Kier molecular flexibility index (Phi) is 6.68. The van der Waals surface area contributed by atoms with E-state index in [1.807, 2.05) is 0 Å². The number of aryl methyl sites for hydroxylation is 1. The van der Waals surface area contributed by atoms with Crippen LogP contribution in [0.15, 0.2) is 24.3 Å². The molecule has 1 aliphatic heterocycles. The van der Waals surface area contributed by atoms with E-state index in [2.05, 4.69) is 55.4 Å². The first-order valence-corrected chi connectivity index (χ1v) is 8.36. The lowest BCUT2D eigenvalue weighted by Gasteiger charge is -2.34. The van der Waals surface area contributed by atoms with Gasteiger partial charge in [-0.15, -0.1) is 0 Å². The SMILES string of the molecule is CCOC1CCN(CC(NC)c2ccc(CC)cc2)CC1. The van der Waals surface area contributed by atoms with Crippen molar-refractivity contribution in [3.05, 3.63) is 35.4 Å². The summed E-state index contributed by atoms with van der Waals surface area (Å²) in [6.07, 6.45) is 3.91. The second-order valence-electron chi connectivity index (χ2n) is 5.89. The third kappa shape index (κ3) is 4.80. The second kappa shape index (κ2) is 8.52. The Hall–Kier alpha value is -0.900. The largest absolute Gasteiger partial charge is 0.378 e. The Labute approximate surface area is 129 Å². The molecule has 1 fully saturated rings. The molecular weight excluding hydrogens is 260 g/mol. The number of ether oxygens (including phenoxy) is 1. The van der Waals surface area contributed by atoms with Crippen LogP contribution in [0.25, 0.3) is 0 Å². The molecule has 0 aromatic heterocycles.